The molecule has 2 rings (SSSR count). The number of methoxy groups -OCH3 is 1. The molecule has 1 heterocycles. The zero-order chi connectivity index (χ0) is 17.4. The smallest absolute Gasteiger partial charge is 0.305 e. The number of nitrogens with zero attached hydrogens (tertiary/aromatic N) is 1. The van der Waals surface area contributed by atoms with Crippen LogP contribution in [-0.2, 0) is 9.53 Å². The Kier molecular flexibility index (Phi) is 7.30. The maximum atomic E-state index is 12.4. The second-order valence-corrected chi connectivity index (χ2v) is 6.63. The number of benzene rings is 1. The van der Waals surface area contributed by atoms with E-state index in [1.807, 2.05) is 47.2 Å². The highest BCUT2D eigenvalue weighted by Crippen LogP contribution is 2.15. The van der Waals surface area contributed by atoms with Gasteiger partial charge in [-0.1, -0.05) is 12.5 Å². The summed E-state index contributed by atoms with van der Waals surface area (Å²) in [6.07, 6.45) is 4.82. The molecule has 0 aliphatic rings. The van der Waals surface area contributed by atoms with Crippen LogP contribution in [0.1, 0.15) is 36.2 Å². The molecule has 0 fully saturated rings. The summed E-state index contributed by atoms with van der Waals surface area (Å²) in [5, 5.41) is 2.93. The number of carbonyl (C=O) groups excluding carboxylic acids is 2. The van der Waals surface area contributed by atoms with Crippen LogP contribution < -0.4 is 5.32 Å². The summed E-state index contributed by atoms with van der Waals surface area (Å²) in [5.41, 5.74) is 1.58. The van der Waals surface area contributed by atoms with E-state index in [9.17, 15) is 9.59 Å². The maximum absolute atomic E-state index is 12.4. The van der Waals surface area contributed by atoms with Crippen LogP contribution in [0.4, 0.5) is 0 Å². The number of hydrogen-bond acceptors (Lipinski definition) is 3. The van der Waals surface area contributed by atoms with Crippen LogP contribution >= 0.6 is 22.6 Å². The predicted molar refractivity (Wildman–Crippen MR) is 101 cm³/mol. The number of halogens is 1. The fraction of sp³-hybridized carbons (Fsp3) is 0.333. The lowest BCUT2D eigenvalue weighted by atomic mass is 10.2. The van der Waals surface area contributed by atoms with E-state index in [1.54, 1.807) is 0 Å². The number of carbonyl (C=O) groups is 2. The molecule has 0 saturated carbocycles. The van der Waals surface area contributed by atoms with Gasteiger partial charge >= 0.3 is 5.97 Å². The highest BCUT2D eigenvalue weighted by molar-refractivity contribution is 14.1. The molecule has 0 saturated heterocycles. The first-order valence-corrected chi connectivity index (χ1v) is 8.98. The lowest BCUT2D eigenvalue weighted by molar-refractivity contribution is -0.140. The number of esters is 1. The van der Waals surface area contributed by atoms with Crippen LogP contribution in [-0.4, -0.2) is 30.1 Å². The van der Waals surface area contributed by atoms with Gasteiger partial charge in [-0.2, -0.15) is 0 Å². The van der Waals surface area contributed by atoms with Gasteiger partial charge in [-0.05, 0) is 65.8 Å². The van der Waals surface area contributed by atoms with Gasteiger partial charge in [0.05, 0.1) is 7.11 Å². The molecule has 128 valence electrons. The van der Waals surface area contributed by atoms with E-state index in [1.165, 1.54) is 7.11 Å². The van der Waals surface area contributed by atoms with E-state index in [-0.39, 0.29) is 11.9 Å². The van der Waals surface area contributed by atoms with E-state index in [0.29, 0.717) is 18.7 Å². The van der Waals surface area contributed by atoms with E-state index >= 15 is 0 Å². The zero-order valence-corrected chi connectivity index (χ0v) is 15.8. The first-order valence-electron chi connectivity index (χ1n) is 7.90. The molecular weight excluding hydrogens is 419 g/mol. The summed E-state index contributed by atoms with van der Waals surface area (Å²) < 4.78 is 7.60. The van der Waals surface area contributed by atoms with Gasteiger partial charge in [-0.3, -0.25) is 9.59 Å². The first-order chi connectivity index (χ1) is 11.6. The lowest BCUT2D eigenvalue weighted by Gasteiger charge is -2.10. The van der Waals surface area contributed by atoms with E-state index < -0.39 is 0 Å². The molecule has 2 aromatic rings. The molecule has 0 radical (unpaired) electrons. The van der Waals surface area contributed by atoms with Crippen molar-refractivity contribution in [2.75, 3.05) is 13.7 Å². The third-order valence-electron chi connectivity index (χ3n) is 3.64. The average Bonchev–Trinajstić information content (AvgIpc) is 3.07. The van der Waals surface area contributed by atoms with Crippen LogP contribution in [0, 0.1) is 3.57 Å². The zero-order valence-electron chi connectivity index (χ0n) is 13.6. The molecule has 0 aliphatic heterocycles. The number of amides is 1. The fourth-order valence-corrected chi connectivity index (χ4v) is 2.91. The third kappa shape index (κ3) is 5.36. The van der Waals surface area contributed by atoms with Gasteiger partial charge in [0.15, 0.2) is 0 Å². The number of rotatable bonds is 8. The number of nitrogens with one attached hydrogen (secondary N) is 1. The molecule has 24 heavy (non-hydrogen) atoms. The molecule has 0 spiro atoms. The van der Waals surface area contributed by atoms with Crippen molar-refractivity contribution in [3.8, 4) is 5.69 Å². The molecule has 1 amide bonds. The standard InChI is InChI=1S/C18H21IN2O3/c1-24-17(22)10-3-2-4-11-20-18(23)16-9-6-12-21(16)15-8-5-7-14(19)13-15/h5-9,12-13H,2-4,10-11H2,1H3,(H,20,23). The summed E-state index contributed by atoms with van der Waals surface area (Å²) in [5.74, 6) is -0.277. The largest absolute Gasteiger partial charge is 0.469 e. The molecule has 0 unspecified atom stereocenters. The highest BCUT2D eigenvalue weighted by Gasteiger charge is 2.11. The second-order valence-electron chi connectivity index (χ2n) is 5.39. The average molecular weight is 440 g/mol. The van der Waals surface area contributed by atoms with Crippen LogP contribution in [0.3, 0.4) is 0 Å². The van der Waals surface area contributed by atoms with Crippen molar-refractivity contribution < 1.29 is 14.3 Å². The summed E-state index contributed by atoms with van der Waals surface area (Å²) in [4.78, 5) is 23.4. The second kappa shape index (κ2) is 9.46. The minimum absolute atomic E-state index is 0.0909. The van der Waals surface area contributed by atoms with Crippen LogP contribution in [0.5, 0.6) is 0 Å². The van der Waals surface area contributed by atoms with Crippen molar-refractivity contribution in [1.29, 1.82) is 0 Å². The lowest BCUT2D eigenvalue weighted by Crippen LogP contribution is -2.26. The summed E-state index contributed by atoms with van der Waals surface area (Å²) >= 11 is 2.26. The fourth-order valence-electron chi connectivity index (χ4n) is 2.38. The minimum Gasteiger partial charge on any atom is -0.469 e. The van der Waals surface area contributed by atoms with Gasteiger partial charge in [0.25, 0.3) is 5.91 Å². The first kappa shape index (κ1) is 18.5. The van der Waals surface area contributed by atoms with Crippen LogP contribution in [0.15, 0.2) is 42.6 Å². The number of aromatic nitrogens is 1. The molecule has 5 nitrogen and oxygen atoms in total. The Hall–Kier alpha value is -1.83. The van der Waals surface area contributed by atoms with Gasteiger partial charge in [-0.25, -0.2) is 0 Å². The molecule has 0 bridgehead atoms. The Morgan fingerprint density at radius 3 is 2.75 bits per heavy atom. The Morgan fingerprint density at radius 1 is 1.17 bits per heavy atom. The maximum Gasteiger partial charge on any atom is 0.305 e. The van der Waals surface area contributed by atoms with E-state index in [2.05, 4.69) is 32.6 Å². The molecule has 1 N–H and O–H groups in total. The monoisotopic (exact) mass is 440 g/mol. The van der Waals surface area contributed by atoms with Gasteiger partial charge in [0.2, 0.25) is 0 Å². The molecule has 6 heteroatoms. The molecule has 1 aromatic heterocycles. The summed E-state index contributed by atoms with van der Waals surface area (Å²) in [6.45, 7) is 0.595. The quantitative estimate of drug-likeness (QED) is 0.388. The topological polar surface area (TPSA) is 60.3 Å². The Balaban J connectivity index is 1.84. The highest BCUT2D eigenvalue weighted by atomic mass is 127. The minimum atomic E-state index is -0.186. The Labute approximate surface area is 155 Å². The molecular formula is C18H21IN2O3. The van der Waals surface area contributed by atoms with Crippen molar-refractivity contribution in [3.63, 3.8) is 0 Å². The van der Waals surface area contributed by atoms with Crippen LogP contribution in [0.25, 0.3) is 5.69 Å². The van der Waals surface area contributed by atoms with Gasteiger partial charge in [0, 0.05) is 28.4 Å². The summed E-state index contributed by atoms with van der Waals surface area (Å²) in [7, 11) is 1.39. The van der Waals surface area contributed by atoms with Crippen molar-refractivity contribution in [3.05, 3.63) is 51.9 Å². The SMILES string of the molecule is COC(=O)CCCCCNC(=O)c1cccn1-c1cccc(I)c1. The van der Waals surface area contributed by atoms with Gasteiger partial charge in [-0.15, -0.1) is 0 Å². The van der Waals surface area contributed by atoms with Crippen LogP contribution in [0.2, 0.25) is 0 Å². The van der Waals surface area contributed by atoms with Crippen molar-refractivity contribution in [1.82, 2.24) is 9.88 Å². The van der Waals surface area contributed by atoms with E-state index in [0.717, 1.165) is 28.5 Å². The van der Waals surface area contributed by atoms with Crippen molar-refractivity contribution in [2.24, 2.45) is 0 Å². The number of hydrogen-bond donors (Lipinski definition) is 1. The third-order valence-corrected chi connectivity index (χ3v) is 4.31. The van der Waals surface area contributed by atoms with Crippen molar-refractivity contribution >= 4 is 34.5 Å². The molecule has 0 atom stereocenters. The van der Waals surface area contributed by atoms with Gasteiger partial charge in [0.1, 0.15) is 5.69 Å². The van der Waals surface area contributed by atoms with Crippen molar-refractivity contribution in [2.45, 2.75) is 25.7 Å². The molecule has 0 aliphatic carbocycles. The number of ether oxygens (including phenoxy) is 1. The Morgan fingerprint density at radius 2 is 2.00 bits per heavy atom. The van der Waals surface area contributed by atoms with E-state index in [4.69, 9.17) is 0 Å². The molecule has 1 aromatic carbocycles. The Bertz CT molecular complexity index is 697. The normalized spacial score (nSPS) is 10.4. The summed E-state index contributed by atoms with van der Waals surface area (Å²) in [6, 6.07) is 11.7. The van der Waals surface area contributed by atoms with Gasteiger partial charge < -0.3 is 14.6 Å². The predicted octanol–water partition coefficient (Wildman–Crippen LogP) is 3.55. The number of unbranched alkanes of at least 4 members (excludes halogenated alkanes) is 2.